The Kier molecular flexibility index (Phi) is 4.31. The highest BCUT2D eigenvalue weighted by molar-refractivity contribution is 7.91. The van der Waals surface area contributed by atoms with E-state index in [1.54, 1.807) is 0 Å². The molecule has 1 aliphatic heterocycles. The Morgan fingerprint density at radius 2 is 1.89 bits per heavy atom. The number of hydrogen-bond donors (Lipinski definition) is 1. The summed E-state index contributed by atoms with van der Waals surface area (Å²) >= 11 is 0. The SMILES string of the molecule is Cc1cc(C)cc(C(C)NCC2CCS(=O)(=O)C2)c1. The Labute approximate surface area is 116 Å². The first-order chi connectivity index (χ1) is 8.85. The van der Waals surface area contributed by atoms with E-state index < -0.39 is 9.84 Å². The third-order valence-electron chi connectivity index (χ3n) is 3.78. The van der Waals surface area contributed by atoms with Crippen molar-refractivity contribution in [1.29, 1.82) is 0 Å². The van der Waals surface area contributed by atoms with E-state index in [2.05, 4.69) is 44.3 Å². The van der Waals surface area contributed by atoms with Crippen LogP contribution in [0.4, 0.5) is 0 Å². The summed E-state index contributed by atoms with van der Waals surface area (Å²) in [5, 5.41) is 3.47. The second kappa shape index (κ2) is 5.63. The molecule has 19 heavy (non-hydrogen) atoms. The number of benzene rings is 1. The summed E-state index contributed by atoms with van der Waals surface area (Å²) < 4.78 is 22.8. The zero-order valence-corrected chi connectivity index (χ0v) is 12.8. The molecule has 0 aliphatic carbocycles. The lowest BCUT2D eigenvalue weighted by Crippen LogP contribution is -2.26. The summed E-state index contributed by atoms with van der Waals surface area (Å²) in [6.07, 6.45) is 0.800. The van der Waals surface area contributed by atoms with E-state index in [9.17, 15) is 8.42 Å². The Bertz CT molecular complexity index is 531. The van der Waals surface area contributed by atoms with Gasteiger partial charge in [0, 0.05) is 6.04 Å². The molecule has 0 bridgehead atoms. The van der Waals surface area contributed by atoms with Gasteiger partial charge in [0.1, 0.15) is 0 Å². The van der Waals surface area contributed by atoms with Gasteiger partial charge in [-0.15, -0.1) is 0 Å². The minimum absolute atomic E-state index is 0.266. The summed E-state index contributed by atoms with van der Waals surface area (Å²) in [4.78, 5) is 0. The van der Waals surface area contributed by atoms with Crippen molar-refractivity contribution in [3.8, 4) is 0 Å². The molecule has 1 N–H and O–H groups in total. The van der Waals surface area contributed by atoms with E-state index in [1.807, 2.05) is 0 Å². The van der Waals surface area contributed by atoms with Crippen molar-refractivity contribution in [1.82, 2.24) is 5.32 Å². The normalized spacial score (nSPS) is 23.4. The molecule has 106 valence electrons. The zero-order chi connectivity index (χ0) is 14.0. The molecule has 1 heterocycles. The fourth-order valence-corrected chi connectivity index (χ4v) is 4.62. The van der Waals surface area contributed by atoms with Gasteiger partial charge in [0.2, 0.25) is 0 Å². The quantitative estimate of drug-likeness (QED) is 0.921. The summed E-state index contributed by atoms with van der Waals surface area (Å²) in [6.45, 7) is 7.13. The van der Waals surface area contributed by atoms with Crippen molar-refractivity contribution in [3.63, 3.8) is 0 Å². The van der Waals surface area contributed by atoms with Gasteiger partial charge in [-0.05, 0) is 45.2 Å². The van der Waals surface area contributed by atoms with E-state index in [0.717, 1.165) is 13.0 Å². The Hall–Kier alpha value is -0.870. The van der Waals surface area contributed by atoms with Gasteiger partial charge in [-0.25, -0.2) is 8.42 Å². The van der Waals surface area contributed by atoms with E-state index in [4.69, 9.17) is 0 Å². The molecule has 0 saturated carbocycles. The molecule has 1 aliphatic rings. The third-order valence-corrected chi connectivity index (χ3v) is 5.62. The topological polar surface area (TPSA) is 46.2 Å². The van der Waals surface area contributed by atoms with Gasteiger partial charge < -0.3 is 5.32 Å². The van der Waals surface area contributed by atoms with Crippen molar-refractivity contribution in [2.75, 3.05) is 18.1 Å². The lowest BCUT2D eigenvalue weighted by Gasteiger charge is -2.18. The number of sulfone groups is 1. The van der Waals surface area contributed by atoms with Crippen LogP contribution in [0, 0.1) is 19.8 Å². The summed E-state index contributed by atoms with van der Waals surface area (Å²) in [6, 6.07) is 6.81. The van der Waals surface area contributed by atoms with Crippen LogP contribution in [0.3, 0.4) is 0 Å². The van der Waals surface area contributed by atoms with Crippen molar-refractivity contribution >= 4 is 9.84 Å². The van der Waals surface area contributed by atoms with Crippen molar-refractivity contribution < 1.29 is 8.42 Å². The van der Waals surface area contributed by atoms with Gasteiger partial charge in [-0.1, -0.05) is 29.3 Å². The molecule has 2 rings (SSSR count). The summed E-state index contributed by atoms with van der Waals surface area (Å²) in [7, 11) is -2.76. The second-order valence-corrected chi connectivity index (χ2v) is 8.05. The molecule has 1 aromatic rings. The zero-order valence-electron chi connectivity index (χ0n) is 11.9. The molecule has 1 fully saturated rings. The fraction of sp³-hybridized carbons (Fsp3) is 0.600. The average molecular weight is 281 g/mol. The molecule has 4 heteroatoms. The predicted octanol–water partition coefficient (Wildman–Crippen LogP) is 2.39. The Morgan fingerprint density at radius 3 is 2.42 bits per heavy atom. The molecule has 0 amide bonds. The van der Waals surface area contributed by atoms with Crippen LogP contribution in [0.1, 0.15) is 36.1 Å². The third kappa shape index (κ3) is 4.05. The van der Waals surface area contributed by atoms with Crippen molar-refractivity contribution in [2.45, 2.75) is 33.2 Å². The maximum atomic E-state index is 11.4. The van der Waals surface area contributed by atoms with E-state index in [-0.39, 0.29) is 12.0 Å². The smallest absolute Gasteiger partial charge is 0.150 e. The van der Waals surface area contributed by atoms with Gasteiger partial charge in [-0.3, -0.25) is 0 Å². The molecule has 1 saturated heterocycles. The van der Waals surface area contributed by atoms with Crippen LogP contribution in [-0.4, -0.2) is 26.5 Å². The molecular formula is C15H23NO2S. The van der Waals surface area contributed by atoms with Crippen LogP contribution in [0.25, 0.3) is 0 Å². The van der Waals surface area contributed by atoms with Crippen LogP contribution < -0.4 is 5.32 Å². The molecule has 1 aromatic carbocycles. The van der Waals surface area contributed by atoms with Crippen LogP contribution in [0.2, 0.25) is 0 Å². The van der Waals surface area contributed by atoms with Crippen LogP contribution in [-0.2, 0) is 9.84 Å². The van der Waals surface area contributed by atoms with Crippen LogP contribution in [0.15, 0.2) is 18.2 Å². The first-order valence-corrected chi connectivity index (χ1v) is 8.70. The highest BCUT2D eigenvalue weighted by Crippen LogP contribution is 2.20. The van der Waals surface area contributed by atoms with E-state index in [0.29, 0.717) is 11.5 Å². The Morgan fingerprint density at radius 1 is 1.26 bits per heavy atom. The molecule has 2 atom stereocenters. The molecular weight excluding hydrogens is 258 g/mol. The monoisotopic (exact) mass is 281 g/mol. The molecule has 0 spiro atoms. The lowest BCUT2D eigenvalue weighted by atomic mass is 10.0. The maximum absolute atomic E-state index is 11.4. The summed E-state index contributed by atoms with van der Waals surface area (Å²) in [5.41, 5.74) is 3.82. The minimum Gasteiger partial charge on any atom is -0.310 e. The van der Waals surface area contributed by atoms with Crippen molar-refractivity contribution in [2.24, 2.45) is 5.92 Å². The first kappa shape index (κ1) is 14.5. The predicted molar refractivity (Wildman–Crippen MR) is 79.1 cm³/mol. The van der Waals surface area contributed by atoms with Crippen molar-refractivity contribution in [3.05, 3.63) is 34.9 Å². The van der Waals surface area contributed by atoms with Gasteiger partial charge in [0.25, 0.3) is 0 Å². The van der Waals surface area contributed by atoms with Gasteiger partial charge in [0.05, 0.1) is 11.5 Å². The van der Waals surface area contributed by atoms with E-state index >= 15 is 0 Å². The van der Waals surface area contributed by atoms with E-state index in [1.165, 1.54) is 16.7 Å². The largest absolute Gasteiger partial charge is 0.310 e. The number of nitrogens with one attached hydrogen (secondary N) is 1. The lowest BCUT2D eigenvalue weighted by molar-refractivity contribution is 0.476. The highest BCUT2D eigenvalue weighted by Gasteiger charge is 2.27. The number of rotatable bonds is 4. The molecule has 2 unspecified atom stereocenters. The standard InChI is InChI=1S/C15H23NO2S/c1-11-6-12(2)8-15(7-11)13(3)16-9-14-4-5-19(17,18)10-14/h6-8,13-14,16H,4-5,9-10H2,1-3H3. The van der Waals surface area contributed by atoms with Gasteiger partial charge in [0.15, 0.2) is 9.84 Å². The molecule has 3 nitrogen and oxygen atoms in total. The maximum Gasteiger partial charge on any atom is 0.150 e. The summed E-state index contributed by atoms with van der Waals surface area (Å²) in [5.74, 6) is 0.981. The number of hydrogen-bond acceptors (Lipinski definition) is 3. The fourth-order valence-electron chi connectivity index (χ4n) is 2.75. The minimum atomic E-state index is -2.76. The highest BCUT2D eigenvalue weighted by atomic mass is 32.2. The number of aryl methyl sites for hydroxylation is 2. The molecule has 0 aromatic heterocycles. The Balaban J connectivity index is 1.93. The van der Waals surface area contributed by atoms with Gasteiger partial charge >= 0.3 is 0 Å². The first-order valence-electron chi connectivity index (χ1n) is 6.88. The van der Waals surface area contributed by atoms with Gasteiger partial charge in [-0.2, -0.15) is 0 Å². The average Bonchev–Trinajstić information content (AvgIpc) is 2.64. The molecule has 0 radical (unpaired) electrons. The van der Waals surface area contributed by atoms with Crippen LogP contribution >= 0.6 is 0 Å². The second-order valence-electron chi connectivity index (χ2n) is 5.82. The van der Waals surface area contributed by atoms with Crippen LogP contribution in [0.5, 0.6) is 0 Å².